The predicted octanol–water partition coefficient (Wildman–Crippen LogP) is 4.74. The highest BCUT2D eigenvalue weighted by atomic mass is 32.2. The number of sulfone groups is 1. The number of nitrogen functional groups attached to an aromatic ring is 1. The normalized spacial score (nSPS) is 14.6. The summed E-state index contributed by atoms with van der Waals surface area (Å²) in [5.41, 5.74) is 10.1. The fourth-order valence-corrected chi connectivity index (χ4v) is 7.26. The minimum Gasteiger partial charge on any atom is -0.454 e. The molecule has 0 saturated carbocycles. The van der Waals surface area contributed by atoms with Crippen LogP contribution >= 0.6 is 0 Å². The Kier molecular flexibility index (Phi) is 8.68. The molecule has 10 nitrogen and oxygen atoms in total. The average Bonchev–Trinajstić information content (AvgIpc) is 3.61. The molecule has 0 atom stereocenters. The summed E-state index contributed by atoms with van der Waals surface area (Å²) in [6.45, 7) is 4.90. The van der Waals surface area contributed by atoms with Gasteiger partial charge in [-0.05, 0) is 65.9 Å². The number of Topliss-reactive ketones (excluding diaryl/α,β-unsaturated/α-hetero) is 1. The topological polar surface area (TPSA) is 134 Å². The van der Waals surface area contributed by atoms with Crippen molar-refractivity contribution in [2.45, 2.75) is 26.0 Å². The van der Waals surface area contributed by atoms with Crippen molar-refractivity contribution < 1.29 is 36.3 Å². The van der Waals surface area contributed by atoms with Gasteiger partial charge in [0.1, 0.15) is 23.0 Å². The van der Waals surface area contributed by atoms with Crippen LogP contribution in [0.1, 0.15) is 38.2 Å². The van der Waals surface area contributed by atoms with Gasteiger partial charge in [0.2, 0.25) is 5.91 Å². The molecule has 2 heterocycles. The quantitative estimate of drug-likeness (QED) is 0.254. The smallest absolute Gasteiger partial charge is 0.237 e. The number of anilines is 1. The number of allylic oxidation sites excluding steroid dienone is 1. The Labute approximate surface area is 270 Å². The number of halogens is 2. The van der Waals surface area contributed by atoms with E-state index in [4.69, 9.17) is 15.2 Å². The van der Waals surface area contributed by atoms with Gasteiger partial charge < -0.3 is 20.1 Å². The number of carbonyl (C=O) groups is 2. The first-order valence-corrected chi connectivity index (χ1v) is 16.7. The van der Waals surface area contributed by atoms with Gasteiger partial charge in [-0.3, -0.25) is 9.59 Å². The van der Waals surface area contributed by atoms with Crippen LogP contribution in [0.15, 0.2) is 60.3 Å². The zero-order valence-electron chi connectivity index (χ0n) is 25.8. The molecule has 13 heteroatoms. The first-order chi connectivity index (χ1) is 22.4. The molecular formula is C34H32F2N4O6S. The number of fused-ring (bicyclic) bond motifs is 1. The molecule has 2 aliphatic rings. The van der Waals surface area contributed by atoms with Crippen LogP contribution in [-0.2, 0) is 31.5 Å². The predicted molar refractivity (Wildman–Crippen MR) is 171 cm³/mol. The van der Waals surface area contributed by atoms with Gasteiger partial charge in [-0.1, -0.05) is 24.3 Å². The molecular weight excluding hydrogens is 630 g/mol. The van der Waals surface area contributed by atoms with Crippen molar-refractivity contribution in [3.05, 3.63) is 105 Å². The third kappa shape index (κ3) is 6.67. The highest BCUT2D eigenvalue weighted by Crippen LogP contribution is 2.34. The lowest BCUT2D eigenvalue weighted by molar-refractivity contribution is -0.132. The first-order valence-electron chi connectivity index (χ1n) is 14.9. The Morgan fingerprint density at radius 2 is 1.77 bits per heavy atom. The SMILES string of the molecule is Cc1cc2c(cc1CS(=O)(=O)CC(=O)N1CCOCC1)CC(C(=O)c1cnn(-c3c(C)cc(Oc4ccccc4F)cc3F)c1N)=C2. The van der Waals surface area contributed by atoms with E-state index < -0.39 is 38.9 Å². The molecule has 0 unspecified atom stereocenters. The van der Waals surface area contributed by atoms with Gasteiger partial charge in [0.05, 0.1) is 30.7 Å². The Balaban J connectivity index is 1.17. The molecule has 47 heavy (non-hydrogen) atoms. The van der Waals surface area contributed by atoms with E-state index in [1.54, 1.807) is 32.1 Å². The fourth-order valence-electron chi connectivity index (χ4n) is 5.81. The first kappa shape index (κ1) is 32.1. The van der Waals surface area contributed by atoms with Crippen molar-refractivity contribution >= 4 is 33.4 Å². The summed E-state index contributed by atoms with van der Waals surface area (Å²) in [4.78, 5) is 27.7. The van der Waals surface area contributed by atoms with Crippen LogP contribution in [0.2, 0.25) is 0 Å². The average molecular weight is 663 g/mol. The van der Waals surface area contributed by atoms with E-state index >= 15 is 4.39 Å². The van der Waals surface area contributed by atoms with E-state index in [1.807, 2.05) is 6.07 Å². The van der Waals surface area contributed by atoms with Crippen molar-refractivity contribution in [3.8, 4) is 17.2 Å². The molecule has 1 amide bonds. The molecule has 1 saturated heterocycles. The lowest BCUT2D eigenvalue weighted by Gasteiger charge is -2.26. The lowest BCUT2D eigenvalue weighted by atomic mass is 10.0. The number of amides is 1. The van der Waals surface area contributed by atoms with E-state index in [-0.39, 0.29) is 40.7 Å². The van der Waals surface area contributed by atoms with Crippen LogP contribution in [0.4, 0.5) is 14.6 Å². The van der Waals surface area contributed by atoms with Crippen molar-refractivity contribution in [2.75, 3.05) is 37.8 Å². The van der Waals surface area contributed by atoms with Gasteiger partial charge in [-0.2, -0.15) is 5.10 Å². The molecule has 2 N–H and O–H groups in total. The second-order valence-electron chi connectivity index (χ2n) is 11.6. The van der Waals surface area contributed by atoms with Gasteiger partial charge in [0.15, 0.2) is 33.0 Å². The van der Waals surface area contributed by atoms with Gasteiger partial charge in [0.25, 0.3) is 0 Å². The second-order valence-corrected chi connectivity index (χ2v) is 13.7. The summed E-state index contributed by atoms with van der Waals surface area (Å²) in [5.74, 6) is -3.10. The highest BCUT2D eigenvalue weighted by Gasteiger charge is 2.28. The standard InChI is InChI=1S/C34H32F2N4O6S/c1-20-11-22-13-24(14-23(22)15-25(20)18-47(43,44)19-31(41)39-7-9-45-10-8-39)33(42)27-17-38-40(34(27)37)32-21(2)12-26(16-29(32)36)46-30-6-4-3-5-28(30)35/h3-6,11-13,15-17H,7-10,14,18-19,37H2,1-2H3. The van der Waals surface area contributed by atoms with Gasteiger partial charge in [0, 0.05) is 31.1 Å². The van der Waals surface area contributed by atoms with Crippen LogP contribution in [0.5, 0.6) is 11.5 Å². The maximum atomic E-state index is 15.4. The number of hydrogen-bond acceptors (Lipinski definition) is 8. The van der Waals surface area contributed by atoms with Crippen LogP contribution < -0.4 is 10.5 Å². The van der Waals surface area contributed by atoms with Gasteiger partial charge in [-0.15, -0.1) is 0 Å². The van der Waals surface area contributed by atoms with Crippen molar-refractivity contribution in [1.29, 1.82) is 0 Å². The Morgan fingerprint density at radius 1 is 1.02 bits per heavy atom. The third-order valence-corrected chi connectivity index (χ3v) is 9.68. The van der Waals surface area contributed by atoms with Crippen LogP contribution in [0, 0.1) is 25.5 Å². The van der Waals surface area contributed by atoms with Gasteiger partial charge >= 0.3 is 0 Å². The van der Waals surface area contributed by atoms with Crippen molar-refractivity contribution in [2.24, 2.45) is 0 Å². The highest BCUT2D eigenvalue weighted by molar-refractivity contribution is 7.91. The van der Waals surface area contributed by atoms with E-state index in [2.05, 4.69) is 5.10 Å². The van der Waals surface area contributed by atoms with E-state index in [9.17, 15) is 22.4 Å². The third-order valence-electron chi connectivity index (χ3n) is 8.24. The van der Waals surface area contributed by atoms with Crippen LogP contribution in [0.3, 0.4) is 0 Å². The maximum Gasteiger partial charge on any atom is 0.237 e. The number of benzene rings is 3. The molecule has 1 aliphatic carbocycles. The summed E-state index contributed by atoms with van der Waals surface area (Å²) >= 11 is 0. The summed E-state index contributed by atoms with van der Waals surface area (Å²) in [7, 11) is -3.75. The van der Waals surface area contributed by atoms with Gasteiger partial charge in [-0.25, -0.2) is 21.9 Å². The molecule has 244 valence electrons. The number of aromatic nitrogens is 2. The molecule has 1 aromatic heterocycles. The monoisotopic (exact) mass is 662 g/mol. The van der Waals surface area contributed by atoms with E-state index in [0.717, 1.165) is 27.4 Å². The number of morpholine rings is 1. The number of nitrogens with two attached hydrogens (primary N) is 1. The number of para-hydroxylation sites is 1. The molecule has 0 spiro atoms. The summed E-state index contributed by atoms with van der Waals surface area (Å²) in [6, 6.07) is 12.0. The number of rotatable bonds is 9. The minimum absolute atomic E-state index is 0.0136. The summed E-state index contributed by atoms with van der Waals surface area (Å²) < 4.78 is 67.2. The largest absolute Gasteiger partial charge is 0.454 e. The van der Waals surface area contributed by atoms with Crippen molar-refractivity contribution in [3.63, 3.8) is 0 Å². The molecule has 3 aromatic carbocycles. The molecule has 1 aliphatic heterocycles. The zero-order valence-corrected chi connectivity index (χ0v) is 26.6. The maximum absolute atomic E-state index is 15.4. The Hall–Kier alpha value is -4.88. The van der Waals surface area contributed by atoms with Crippen molar-refractivity contribution in [1.82, 2.24) is 14.7 Å². The summed E-state index contributed by atoms with van der Waals surface area (Å²) in [5, 5.41) is 4.20. The molecule has 1 fully saturated rings. The minimum atomic E-state index is -3.75. The number of nitrogens with zero attached hydrogens (tertiary/aromatic N) is 3. The number of hydrogen-bond donors (Lipinski definition) is 1. The number of aryl methyl sites for hydroxylation is 2. The molecule has 6 rings (SSSR count). The fraction of sp³-hybridized carbons (Fsp3) is 0.265. The Morgan fingerprint density at radius 3 is 2.49 bits per heavy atom. The van der Waals surface area contributed by atoms with Crippen LogP contribution in [0.25, 0.3) is 11.8 Å². The molecule has 0 radical (unpaired) electrons. The zero-order chi connectivity index (χ0) is 33.5. The van der Waals surface area contributed by atoms with E-state index in [1.165, 1.54) is 35.4 Å². The Bertz CT molecular complexity index is 2030. The van der Waals surface area contributed by atoms with E-state index in [0.29, 0.717) is 43.0 Å². The number of ether oxygens (including phenoxy) is 2. The number of carbonyl (C=O) groups excluding carboxylic acids is 2. The molecule has 4 aromatic rings. The number of ketones is 1. The summed E-state index contributed by atoms with van der Waals surface area (Å²) in [6.07, 6.45) is 3.23. The van der Waals surface area contributed by atoms with Crippen LogP contribution in [-0.4, -0.2) is 66.8 Å². The second kappa shape index (κ2) is 12.7. The lowest BCUT2D eigenvalue weighted by Crippen LogP contribution is -2.43. The molecule has 0 bridgehead atoms.